The van der Waals surface area contributed by atoms with Crippen LogP contribution in [-0.2, 0) is 16.6 Å². The van der Waals surface area contributed by atoms with Crippen LogP contribution in [0.3, 0.4) is 0 Å². The first kappa shape index (κ1) is 20.0. The zero-order valence-corrected chi connectivity index (χ0v) is 17.4. The van der Waals surface area contributed by atoms with Crippen LogP contribution in [-0.4, -0.2) is 34.1 Å². The van der Waals surface area contributed by atoms with Crippen molar-refractivity contribution in [3.63, 3.8) is 0 Å². The predicted octanol–water partition coefficient (Wildman–Crippen LogP) is 4.31. The lowest BCUT2D eigenvalue weighted by molar-refractivity contribution is 0.103. The first-order chi connectivity index (χ1) is 14.4. The van der Waals surface area contributed by atoms with E-state index in [0.717, 1.165) is 5.69 Å². The van der Waals surface area contributed by atoms with Gasteiger partial charge in [0.05, 0.1) is 27.6 Å². The lowest BCUT2D eigenvalue weighted by atomic mass is 10.0. The number of carbonyl (C=O) groups excluding carboxylic acids is 1. The summed E-state index contributed by atoms with van der Waals surface area (Å²) in [6.07, 6.45) is 0. The molecule has 0 amide bonds. The van der Waals surface area contributed by atoms with Crippen molar-refractivity contribution in [1.82, 2.24) is 9.97 Å². The highest BCUT2D eigenvalue weighted by atomic mass is 32.2. The second-order valence-corrected chi connectivity index (χ2v) is 8.49. The van der Waals surface area contributed by atoms with Gasteiger partial charge in [-0.05, 0) is 42.0 Å². The van der Waals surface area contributed by atoms with Gasteiger partial charge in [0.1, 0.15) is 5.82 Å². The van der Waals surface area contributed by atoms with Crippen LogP contribution >= 0.6 is 0 Å². The van der Waals surface area contributed by atoms with Gasteiger partial charge < -0.3 is 9.88 Å². The number of H-pyrrole nitrogens is 1. The van der Waals surface area contributed by atoms with Crippen LogP contribution in [0.2, 0.25) is 0 Å². The summed E-state index contributed by atoms with van der Waals surface area (Å²) in [5.41, 5.74) is 3.81. The maximum absolute atomic E-state index is 13.7. The Balaban J connectivity index is 1.62. The molecule has 1 atom stereocenters. The number of hydrogen-bond donors (Lipinski definition) is 1. The second-order valence-electron chi connectivity index (χ2n) is 7.13. The summed E-state index contributed by atoms with van der Waals surface area (Å²) in [6, 6.07) is 18.6. The van der Waals surface area contributed by atoms with Crippen molar-refractivity contribution < 1.29 is 13.4 Å². The number of hydrogen-bond acceptors (Lipinski definition) is 4. The number of ketones is 1. The Hall–Kier alpha value is -3.32. The summed E-state index contributed by atoms with van der Waals surface area (Å²) in [5.74, 6) is -0.340. The van der Waals surface area contributed by atoms with Gasteiger partial charge in [0.15, 0.2) is 10.9 Å². The van der Waals surface area contributed by atoms with E-state index in [9.17, 15) is 13.4 Å². The van der Waals surface area contributed by atoms with E-state index in [1.54, 1.807) is 36.4 Å². The molecule has 0 saturated carbocycles. The molecule has 4 aromatic rings. The predicted molar refractivity (Wildman–Crippen MR) is 117 cm³/mol. The van der Waals surface area contributed by atoms with E-state index in [0.29, 0.717) is 32.9 Å². The number of benzene rings is 3. The fourth-order valence-electron chi connectivity index (χ4n) is 3.31. The Kier molecular flexibility index (Phi) is 5.46. The fraction of sp³-hybridized carbons (Fsp3) is 0.130. The van der Waals surface area contributed by atoms with Crippen molar-refractivity contribution in [1.29, 1.82) is 0 Å². The lowest BCUT2D eigenvalue weighted by Gasteiger charge is -2.17. The lowest BCUT2D eigenvalue weighted by Crippen LogP contribution is -2.12. The third-order valence-corrected chi connectivity index (χ3v) is 5.98. The smallest absolute Gasteiger partial charge is 0.197 e. The minimum Gasteiger partial charge on any atom is -0.377 e. The van der Waals surface area contributed by atoms with E-state index in [1.807, 2.05) is 37.2 Å². The number of nitrogens with one attached hydrogen (secondary N) is 1. The molecule has 0 saturated heterocycles. The van der Waals surface area contributed by atoms with Crippen LogP contribution in [0.4, 0.5) is 10.1 Å². The highest BCUT2D eigenvalue weighted by molar-refractivity contribution is 7.84. The molecule has 3 aromatic carbocycles. The molecule has 0 spiro atoms. The average Bonchev–Trinajstić information content (AvgIpc) is 3.17. The molecule has 0 fully saturated rings. The molecular weight excluding hydrogens is 401 g/mol. The highest BCUT2D eigenvalue weighted by Crippen LogP contribution is 2.24. The Morgan fingerprint density at radius 3 is 2.53 bits per heavy atom. The number of fused-ring (bicyclic) bond motifs is 1. The summed E-state index contributed by atoms with van der Waals surface area (Å²) in [5, 5.41) is 0.295. The van der Waals surface area contributed by atoms with Crippen molar-refractivity contribution >= 4 is 33.3 Å². The molecule has 0 radical (unpaired) electrons. The van der Waals surface area contributed by atoms with Crippen molar-refractivity contribution in [3.8, 4) is 0 Å². The molecule has 5 nitrogen and oxygen atoms in total. The molecule has 0 aliphatic carbocycles. The van der Waals surface area contributed by atoms with Crippen molar-refractivity contribution in [2.24, 2.45) is 0 Å². The second kappa shape index (κ2) is 8.20. The van der Waals surface area contributed by atoms with E-state index < -0.39 is 10.8 Å². The molecule has 1 unspecified atom stereocenters. The molecule has 30 heavy (non-hydrogen) atoms. The number of imidazole rings is 1. The van der Waals surface area contributed by atoms with Crippen molar-refractivity contribution in [3.05, 3.63) is 89.2 Å². The summed E-state index contributed by atoms with van der Waals surface area (Å²) in [6.45, 7) is 0. The van der Waals surface area contributed by atoms with Crippen LogP contribution in [0.15, 0.2) is 71.9 Å². The molecular formula is C23H20FN3O2S. The molecule has 1 N–H and O–H groups in total. The van der Waals surface area contributed by atoms with Gasteiger partial charge in [0, 0.05) is 30.9 Å². The van der Waals surface area contributed by atoms with Gasteiger partial charge in [-0.25, -0.2) is 9.37 Å². The molecule has 152 valence electrons. The number of anilines is 1. The zero-order chi connectivity index (χ0) is 21.3. The molecule has 7 heteroatoms. The normalized spacial score (nSPS) is 12.1. The Labute approximate surface area is 176 Å². The summed E-state index contributed by atoms with van der Waals surface area (Å²) in [7, 11) is 2.21. The number of aromatic nitrogens is 2. The molecule has 0 bridgehead atoms. The van der Waals surface area contributed by atoms with Gasteiger partial charge >= 0.3 is 0 Å². The van der Waals surface area contributed by atoms with Gasteiger partial charge in [-0.2, -0.15) is 0 Å². The van der Waals surface area contributed by atoms with Gasteiger partial charge in [-0.15, -0.1) is 0 Å². The van der Waals surface area contributed by atoms with Crippen LogP contribution in [0.5, 0.6) is 0 Å². The van der Waals surface area contributed by atoms with E-state index in [2.05, 4.69) is 9.97 Å². The Morgan fingerprint density at radius 2 is 1.80 bits per heavy atom. The topological polar surface area (TPSA) is 66.1 Å². The monoisotopic (exact) mass is 421 g/mol. The number of nitrogens with zero attached hydrogens (tertiary/aromatic N) is 2. The maximum atomic E-state index is 13.7. The van der Waals surface area contributed by atoms with E-state index in [-0.39, 0.29) is 17.4 Å². The molecule has 4 rings (SSSR count). The first-order valence-electron chi connectivity index (χ1n) is 9.36. The number of rotatable bonds is 6. The van der Waals surface area contributed by atoms with Crippen LogP contribution in [0.25, 0.3) is 11.0 Å². The zero-order valence-electron chi connectivity index (χ0n) is 16.6. The SMILES string of the molecule is CN(C)c1ccc(F)cc1CS(=O)c1nc2ccc(C(=O)c3ccccc3)cc2[nH]1. The Morgan fingerprint density at radius 1 is 1.03 bits per heavy atom. The Bertz CT molecular complexity index is 1250. The number of halogens is 1. The van der Waals surface area contributed by atoms with E-state index in [1.165, 1.54) is 12.1 Å². The van der Waals surface area contributed by atoms with Gasteiger partial charge in [0.2, 0.25) is 0 Å². The van der Waals surface area contributed by atoms with Gasteiger partial charge in [-0.1, -0.05) is 30.3 Å². The first-order valence-corrected chi connectivity index (χ1v) is 10.7. The fourth-order valence-corrected chi connectivity index (χ4v) is 4.38. The van der Waals surface area contributed by atoms with Crippen LogP contribution < -0.4 is 4.90 Å². The third kappa shape index (κ3) is 4.02. The van der Waals surface area contributed by atoms with Crippen molar-refractivity contribution in [2.45, 2.75) is 10.9 Å². The highest BCUT2D eigenvalue weighted by Gasteiger charge is 2.16. The van der Waals surface area contributed by atoms with E-state index in [4.69, 9.17) is 0 Å². The largest absolute Gasteiger partial charge is 0.377 e. The molecule has 0 aliphatic rings. The summed E-state index contributed by atoms with van der Waals surface area (Å²) in [4.78, 5) is 22.0. The molecule has 1 aromatic heterocycles. The molecule has 1 heterocycles. The third-order valence-electron chi connectivity index (χ3n) is 4.78. The summed E-state index contributed by atoms with van der Waals surface area (Å²) < 4.78 is 26.6. The van der Waals surface area contributed by atoms with Gasteiger partial charge in [-0.3, -0.25) is 9.00 Å². The maximum Gasteiger partial charge on any atom is 0.197 e. The quantitative estimate of drug-likeness (QED) is 0.471. The minimum atomic E-state index is -1.50. The number of aromatic amines is 1. The average molecular weight is 421 g/mol. The van der Waals surface area contributed by atoms with Crippen molar-refractivity contribution in [2.75, 3.05) is 19.0 Å². The van der Waals surface area contributed by atoms with Crippen LogP contribution in [0.1, 0.15) is 21.5 Å². The number of carbonyl (C=O) groups is 1. The standard InChI is InChI=1S/C23H20FN3O2S/c1-27(2)21-11-9-18(24)12-17(21)14-30(29)23-25-19-10-8-16(13-20(19)26-23)22(28)15-6-4-3-5-7-15/h3-13H,14H2,1-2H3,(H,25,26). The minimum absolute atomic E-state index is 0.0924. The van der Waals surface area contributed by atoms with E-state index >= 15 is 0 Å². The van der Waals surface area contributed by atoms with Gasteiger partial charge in [0.25, 0.3) is 0 Å². The molecule has 0 aliphatic heterocycles. The van der Waals surface area contributed by atoms with Crippen LogP contribution in [0, 0.1) is 5.82 Å². The summed E-state index contributed by atoms with van der Waals surface area (Å²) >= 11 is 0.